The van der Waals surface area contributed by atoms with E-state index in [2.05, 4.69) is 48.3 Å². The lowest BCUT2D eigenvalue weighted by Gasteiger charge is -2.09. The number of nitrogens with zero attached hydrogens (tertiary/aromatic N) is 1. The Bertz CT molecular complexity index is 464. The van der Waals surface area contributed by atoms with Crippen LogP contribution in [0.15, 0.2) is 35.3 Å². The van der Waals surface area contributed by atoms with E-state index in [4.69, 9.17) is 0 Å². The Kier molecular flexibility index (Phi) is 3.35. The van der Waals surface area contributed by atoms with E-state index in [-0.39, 0.29) is 0 Å². The molecule has 82 valence electrons. The van der Waals surface area contributed by atoms with Crippen molar-refractivity contribution in [3.8, 4) is 0 Å². The van der Waals surface area contributed by atoms with E-state index in [0.717, 1.165) is 13.0 Å². The lowest BCUT2D eigenvalue weighted by atomic mass is 9.98. The van der Waals surface area contributed by atoms with Crippen molar-refractivity contribution < 1.29 is 0 Å². The van der Waals surface area contributed by atoms with Gasteiger partial charge in [-0.25, -0.2) is 0 Å². The van der Waals surface area contributed by atoms with Gasteiger partial charge in [0.25, 0.3) is 0 Å². The molecule has 2 rings (SSSR count). The number of benzene rings is 1. The third-order valence-electron chi connectivity index (χ3n) is 2.81. The summed E-state index contributed by atoms with van der Waals surface area (Å²) in [6.45, 7) is 5.12. The number of hydrogen-bond donors (Lipinski definition) is 0. The molecule has 0 bridgehead atoms. The average molecular weight is 211 g/mol. The number of aryl methyl sites for hydroxylation is 1. The summed E-state index contributed by atoms with van der Waals surface area (Å²) in [7, 11) is 0. The number of allylic oxidation sites excluding steroid dienone is 2. The highest BCUT2D eigenvalue weighted by molar-refractivity contribution is 6.10. The molecule has 1 heteroatoms. The molecule has 0 spiro atoms. The van der Waals surface area contributed by atoms with E-state index in [9.17, 15) is 0 Å². The van der Waals surface area contributed by atoms with Crippen LogP contribution in [0.1, 0.15) is 30.0 Å². The molecule has 1 aromatic rings. The van der Waals surface area contributed by atoms with Gasteiger partial charge in [0.1, 0.15) is 0 Å². The van der Waals surface area contributed by atoms with Gasteiger partial charge < -0.3 is 0 Å². The zero-order valence-corrected chi connectivity index (χ0v) is 9.90. The van der Waals surface area contributed by atoms with Gasteiger partial charge in [-0.2, -0.15) is 0 Å². The Morgan fingerprint density at radius 3 is 2.88 bits per heavy atom. The van der Waals surface area contributed by atoms with Crippen molar-refractivity contribution >= 4 is 17.9 Å². The van der Waals surface area contributed by atoms with Crippen molar-refractivity contribution in [2.75, 3.05) is 6.54 Å². The largest absolute Gasteiger partial charge is 0.292 e. The van der Waals surface area contributed by atoms with E-state index in [1.165, 1.54) is 22.3 Å². The van der Waals surface area contributed by atoms with Gasteiger partial charge in [0.15, 0.2) is 0 Å². The predicted octanol–water partition coefficient (Wildman–Crippen LogP) is 3.89. The van der Waals surface area contributed by atoms with Gasteiger partial charge in [-0.15, -0.1) is 0 Å². The van der Waals surface area contributed by atoms with Crippen LogP contribution in [-0.2, 0) is 0 Å². The third-order valence-corrected chi connectivity index (χ3v) is 2.81. The molecule has 1 aliphatic rings. The van der Waals surface area contributed by atoms with Crippen molar-refractivity contribution in [1.82, 2.24) is 0 Å². The lowest BCUT2D eigenvalue weighted by molar-refractivity contribution is 1.01. The molecule has 0 radical (unpaired) electrons. The van der Waals surface area contributed by atoms with Gasteiger partial charge in [-0.3, -0.25) is 4.99 Å². The van der Waals surface area contributed by atoms with Crippen molar-refractivity contribution in [2.45, 2.75) is 20.3 Å². The Hall–Kier alpha value is -1.63. The van der Waals surface area contributed by atoms with Crippen LogP contribution in [0, 0.1) is 6.92 Å². The Morgan fingerprint density at radius 1 is 1.31 bits per heavy atom. The molecule has 0 saturated heterocycles. The molecule has 1 aliphatic heterocycles. The summed E-state index contributed by atoms with van der Waals surface area (Å²) in [5, 5.41) is 0. The molecule has 0 amide bonds. The molecule has 1 heterocycles. The van der Waals surface area contributed by atoms with Gasteiger partial charge in [0, 0.05) is 12.8 Å². The van der Waals surface area contributed by atoms with Crippen LogP contribution in [0.4, 0.5) is 0 Å². The first-order valence-corrected chi connectivity index (χ1v) is 5.75. The summed E-state index contributed by atoms with van der Waals surface area (Å²) in [6.07, 6.45) is 9.53. The number of aliphatic imine (C=N–C) groups is 1. The monoisotopic (exact) mass is 211 g/mol. The summed E-state index contributed by atoms with van der Waals surface area (Å²) < 4.78 is 0. The number of dihydropyridines is 1. The molecule has 0 atom stereocenters. The Balaban J connectivity index is 2.39. The summed E-state index contributed by atoms with van der Waals surface area (Å²) in [5.74, 6) is 0. The second-order valence-corrected chi connectivity index (χ2v) is 4.05. The molecule has 0 aliphatic carbocycles. The Morgan fingerprint density at radius 2 is 2.19 bits per heavy atom. The maximum absolute atomic E-state index is 4.32. The second kappa shape index (κ2) is 4.93. The minimum absolute atomic E-state index is 0.928. The first kappa shape index (κ1) is 10.9. The zero-order valence-electron chi connectivity index (χ0n) is 9.90. The SMILES string of the molecule is C/C=C\c1cc(C2=CCCN=C2)ccc1C. The van der Waals surface area contributed by atoms with E-state index in [1.54, 1.807) is 0 Å². The molecule has 0 aromatic heterocycles. The minimum Gasteiger partial charge on any atom is -0.292 e. The van der Waals surface area contributed by atoms with Crippen LogP contribution in [0.3, 0.4) is 0 Å². The zero-order chi connectivity index (χ0) is 11.4. The third kappa shape index (κ3) is 2.30. The standard InChI is InChI=1S/C15H17N/c1-3-5-13-10-14(8-7-12(13)2)15-6-4-9-16-11-15/h3,5-8,10-11H,4,9H2,1-2H3/b5-3-. The summed E-state index contributed by atoms with van der Waals surface area (Å²) in [5.41, 5.74) is 5.12. The topological polar surface area (TPSA) is 12.4 Å². The van der Waals surface area contributed by atoms with Crippen LogP contribution >= 0.6 is 0 Å². The van der Waals surface area contributed by atoms with E-state index in [0.29, 0.717) is 0 Å². The predicted molar refractivity (Wildman–Crippen MR) is 71.8 cm³/mol. The fraction of sp³-hybridized carbons (Fsp3) is 0.267. The van der Waals surface area contributed by atoms with Crippen molar-refractivity contribution in [2.24, 2.45) is 4.99 Å². The molecule has 16 heavy (non-hydrogen) atoms. The molecular weight excluding hydrogens is 194 g/mol. The van der Waals surface area contributed by atoms with Crippen molar-refractivity contribution in [1.29, 1.82) is 0 Å². The van der Waals surface area contributed by atoms with Gasteiger partial charge >= 0.3 is 0 Å². The highest BCUT2D eigenvalue weighted by atomic mass is 14.7. The van der Waals surface area contributed by atoms with Crippen LogP contribution in [0.25, 0.3) is 11.6 Å². The van der Waals surface area contributed by atoms with Crippen LogP contribution in [0.5, 0.6) is 0 Å². The second-order valence-electron chi connectivity index (χ2n) is 4.05. The summed E-state index contributed by atoms with van der Waals surface area (Å²) >= 11 is 0. The number of hydrogen-bond acceptors (Lipinski definition) is 1. The maximum atomic E-state index is 4.32. The first-order chi connectivity index (χ1) is 7.81. The van der Waals surface area contributed by atoms with Crippen molar-refractivity contribution in [3.63, 3.8) is 0 Å². The van der Waals surface area contributed by atoms with Crippen molar-refractivity contribution in [3.05, 3.63) is 47.0 Å². The molecule has 0 fully saturated rings. The summed E-state index contributed by atoms with van der Waals surface area (Å²) in [4.78, 5) is 4.32. The van der Waals surface area contributed by atoms with Crippen LogP contribution in [-0.4, -0.2) is 12.8 Å². The van der Waals surface area contributed by atoms with Crippen LogP contribution in [0.2, 0.25) is 0 Å². The highest BCUT2D eigenvalue weighted by Crippen LogP contribution is 2.20. The van der Waals surface area contributed by atoms with Gasteiger partial charge in [0.05, 0.1) is 0 Å². The molecule has 1 nitrogen and oxygen atoms in total. The maximum Gasteiger partial charge on any atom is 0.0424 e. The van der Waals surface area contributed by atoms with Crippen LogP contribution < -0.4 is 0 Å². The van der Waals surface area contributed by atoms with E-state index >= 15 is 0 Å². The molecular formula is C15H17N. The van der Waals surface area contributed by atoms with Gasteiger partial charge in [0.2, 0.25) is 0 Å². The first-order valence-electron chi connectivity index (χ1n) is 5.75. The quantitative estimate of drug-likeness (QED) is 0.703. The van der Waals surface area contributed by atoms with Gasteiger partial charge in [-0.05, 0) is 48.6 Å². The fourth-order valence-corrected chi connectivity index (χ4v) is 1.88. The average Bonchev–Trinajstić information content (AvgIpc) is 2.33. The summed E-state index contributed by atoms with van der Waals surface area (Å²) in [6, 6.07) is 6.58. The minimum atomic E-state index is 0.928. The highest BCUT2D eigenvalue weighted by Gasteiger charge is 2.03. The Labute approximate surface area is 97.2 Å². The normalized spacial score (nSPS) is 15.5. The van der Waals surface area contributed by atoms with E-state index < -0.39 is 0 Å². The lowest BCUT2D eigenvalue weighted by Crippen LogP contribution is -1.95. The molecule has 0 unspecified atom stereocenters. The van der Waals surface area contributed by atoms with E-state index in [1.807, 2.05) is 13.1 Å². The number of rotatable bonds is 2. The molecule has 0 N–H and O–H groups in total. The molecule has 1 aromatic carbocycles. The van der Waals surface area contributed by atoms with Gasteiger partial charge in [-0.1, -0.05) is 30.4 Å². The molecule has 0 saturated carbocycles. The smallest absolute Gasteiger partial charge is 0.0424 e. The fourth-order valence-electron chi connectivity index (χ4n) is 1.88.